The van der Waals surface area contributed by atoms with Crippen LogP contribution in [0.25, 0.3) is 0 Å². The number of hydrogen-bond donors (Lipinski definition) is 1. The van der Waals surface area contributed by atoms with Gasteiger partial charge in [0.15, 0.2) is 0 Å². The van der Waals surface area contributed by atoms with Crippen LogP contribution in [0.2, 0.25) is 0 Å². The van der Waals surface area contributed by atoms with E-state index in [-0.39, 0.29) is 30.4 Å². The van der Waals surface area contributed by atoms with Crippen LogP contribution in [-0.2, 0) is 11.2 Å². The first-order valence-corrected chi connectivity index (χ1v) is 10.9. The molecule has 32 heavy (non-hydrogen) atoms. The van der Waals surface area contributed by atoms with E-state index in [1.807, 2.05) is 65.6 Å². The van der Waals surface area contributed by atoms with Crippen molar-refractivity contribution in [1.82, 2.24) is 14.8 Å². The van der Waals surface area contributed by atoms with Crippen molar-refractivity contribution in [2.24, 2.45) is 0 Å². The number of amides is 2. The number of rotatable bonds is 5. The summed E-state index contributed by atoms with van der Waals surface area (Å²) in [5.41, 5.74) is 2.03. The van der Waals surface area contributed by atoms with Crippen LogP contribution in [-0.4, -0.2) is 63.0 Å². The quantitative estimate of drug-likeness (QED) is 0.679. The molecule has 0 bridgehead atoms. The Morgan fingerprint density at radius 2 is 1.66 bits per heavy atom. The van der Waals surface area contributed by atoms with Crippen LogP contribution in [0.5, 0.6) is 0 Å². The Morgan fingerprint density at radius 1 is 0.969 bits per heavy atom. The van der Waals surface area contributed by atoms with Crippen LogP contribution in [0.3, 0.4) is 0 Å². The molecular formula is C26H25N3O3. The fraction of sp³-hybridized carbons (Fsp3) is 0.269. The Bertz CT molecular complexity index is 1100. The number of carbonyl (C=O) groups is 2. The van der Waals surface area contributed by atoms with E-state index in [9.17, 15) is 14.7 Å². The van der Waals surface area contributed by atoms with Crippen molar-refractivity contribution in [1.29, 1.82) is 0 Å². The van der Waals surface area contributed by atoms with Gasteiger partial charge in [0.05, 0.1) is 30.2 Å². The maximum absolute atomic E-state index is 13.4. The van der Waals surface area contributed by atoms with Crippen LogP contribution in [0.1, 0.15) is 27.4 Å². The van der Waals surface area contributed by atoms with Gasteiger partial charge in [-0.15, -0.1) is 0 Å². The maximum Gasteiger partial charge on any atom is 0.256 e. The zero-order chi connectivity index (χ0) is 22.1. The number of benzene rings is 2. The largest absolute Gasteiger partial charge is 0.394 e. The van der Waals surface area contributed by atoms with E-state index in [0.29, 0.717) is 25.1 Å². The molecule has 2 fully saturated rings. The first-order valence-electron chi connectivity index (χ1n) is 10.9. The Morgan fingerprint density at radius 3 is 2.28 bits per heavy atom. The zero-order valence-electron chi connectivity index (χ0n) is 17.7. The van der Waals surface area contributed by atoms with Gasteiger partial charge < -0.3 is 14.9 Å². The van der Waals surface area contributed by atoms with Gasteiger partial charge in [0.25, 0.3) is 5.91 Å². The zero-order valence-corrected chi connectivity index (χ0v) is 17.7. The van der Waals surface area contributed by atoms with E-state index >= 15 is 0 Å². The third-order valence-electron chi connectivity index (χ3n) is 6.73. The molecule has 6 nitrogen and oxygen atoms in total. The lowest BCUT2D eigenvalue weighted by Crippen LogP contribution is -2.86. The van der Waals surface area contributed by atoms with Crippen LogP contribution in [0.4, 0.5) is 0 Å². The molecule has 1 aromatic heterocycles. The average molecular weight is 428 g/mol. The van der Waals surface area contributed by atoms with Gasteiger partial charge in [0, 0.05) is 31.4 Å². The third-order valence-corrected chi connectivity index (χ3v) is 6.73. The number of aliphatic hydroxyl groups is 1. The lowest BCUT2D eigenvalue weighted by molar-refractivity contribution is -0.178. The van der Waals surface area contributed by atoms with E-state index in [0.717, 1.165) is 11.1 Å². The van der Waals surface area contributed by atoms with Gasteiger partial charge in [0.2, 0.25) is 5.91 Å². The van der Waals surface area contributed by atoms with Crippen molar-refractivity contribution in [2.75, 3.05) is 19.7 Å². The standard InChI is InChI=1S/C26H25N3O3/c30-16-22-24(20-10-5-2-6-11-20)26(29(22)25(32)21-12-7-13-27-15-21)17-28(18-26)23(31)14-19-8-3-1-4-9-19/h1-13,15,22,24,30H,14,16-18H2/t22-,24-/m1/s1. The van der Waals surface area contributed by atoms with Crippen molar-refractivity contribution in [3.8, 4) is 0 Å². The van der Waals surface area contributed by atoms with Gasteiger partial charge in [-0.2, -0.15) is 0 Å². The normalized spacial score (nSPS) is 21.0. The second-order valence-corrected chi connectivity index (χ2v) is 8.57. The van der Waals surface area contributed by atoms with E-state index in [1.165, 1.54) is 0 Å². The lowest BCUT2D eigenvalue weighted by atomic mass is 9.60. The minimum Gasteiger partial charge on any atom is -0.394 e. The minimum absolute atomic E-state index is 0.0323. The molecule has 0 unspecified atom stereocenters. The highest BCUT2D eigenvalue weighted by molar-refractivity contribution is 5.96. The molecule has 162 valence electrons. The molecule has 0 aliphatic carbocycles. The second-order valence-electron chi connectivity index (χ2n) is 8.57. The van der Waals surface area contributed by atoms with E-state index < -0.39 is 5.54 Å². The van der Waals surface area contributed by atoms with Crippen molar-refractivity contribution < 1.29 is 14.7 Å². The van der Waals surface area contributed by atoms with Gasteiger partial charge in [-0.25, -0.2) is 0 Å². The minimum atomic E-state index is -0.520. The summed E-state index contributed by atoms with van der Waals surface area (Å²) in [6, 6.07) is 22.8. The molecule has 0 saturated carbocycles. The van der Waals surface area contributed by atoms with Gasteiger partial charge in [-0.05, 0) is 23.3 Å². The summed E-state index contributed by atoms with van der Waals surface area (Å²) in [6.45, 7) is 0.784. The monoisotopic (exact) mass is 427 g/mol. The topological polar surface area (TPSA) is 73.7 Å². The first kappa shape index (κ1) is 20.4. The summed E-state index contributed by atoms with van der Waals surface area (Å²) in [6.07, 6.45) is 3.52. The maximum atomic E-state index is 13.4. The van der Waals surface area contributed by atoms with Crippen molar-refractivity contribution in [3.63, 3.8) is 0 Å². The highest BCUT2D eigenvalue weighted by Gasteiger charge is 2.68. The number of likely N-dealkylation sites (tertiary alicyclic amines) is 2. The van der Waals surface area contributed by atoms with Crippen LogP contribution >= 0.6 is 0 Å². The predicted molar refractivity (Wildman–Crippen MR) is 120 cm³/mol. The fourth-order valence-electron chi connectivity index (χ4n) is 5.29. The van der Waals surface area contributed by atoms with E-state index in [2.05, 4.69) is 4.98 Å². The summed E-state index contributed by atoms with van der Waals surface area (Å²) in [7, 11) is 0. The van der Waals surface area contributed by atoms with Gasteiger partial charge in [0.1, 0.15) is 0 Å². The second kappa shape index (κ2) is 8.20. The Labute approximate surface area is 187 Å². The van der Waals surface area contributed by atoms with E-state index in [4.69, 9.17) is 0 Å². The smallest absolute Gasteiger partial charge is 0.256 e. The van der Waals surface area contributed by atoms with Gasteiger partial charge in [-0.1, -0.05) is 60.7 Å². The molecule has 2 amide bonds. The molecule has 3 aromatic rings. The SMILES string of the molecule is O=C(Cc1ccccc1)N1CC2(C1)[C@H](c1ccccc1)[C@@H](CO)N2C(=O)c1cccnc1. The summed E-state index contributed by atoms with van der Waals surface area (Å²) < 4.78 is 0. The molecular weight excluding hydrogens is 402 g/mol. The molecule has 2 saturated heterocycles. The number of hydrogen-bond acceptors (Lipinski definition) is 4. The molecule has 2 aliphatic rings. The molecule has 2 atom stereocenters. The number of aliphatic hydroxyl groups excluding tert-OH is 1. The summed E-state index contributed by atoms with van der Waals surface area (Å²) >= 11 is 0. The lowest BCUT2D eigenvalue weighted by Gasteiger charge is -2.70. The van der Waals surface area contributed by atoms with Crippen LogP contribution < -0.4 is 0 Å². The molecule has 1 spiro atoms. The van der Waals surface area contributed by atoms with Gasteiger partial charge >= 0.3 is 0 Å². The van der Waals surface area contributed by atoms with Crippen molar-refractivity contribution >= 4 is 11.8 Å². The highest BCUT2D eigenvalue weighted by Crippen LogP contribution is 2.54. The summed E-state index contributed by atoms with van der Waals surface area (Å²) in [5.74, 6) is -0.135. The molecule has 6 heteroatoms. The number of aromatic nitrogens is 1. The predicted octanol–water partition coefficient (Wildman–Crippen LogP) is 2.51. The van der Waals surface area contributed by atoms with Crippen molar-refractivity contribution in [2.45, 2.75) is 23.9 Å². The fourth-order valence-corrected chi connectivity index (χ4v) is 5.29. The molecule has 1 N–H and O–H groups in total. The molecule has 5 rings (SSSR count). The van der Waals surface area contributed by atoms with Crippen LogP contribution in [0, 0.1) is 0 Å². The van der Waals surface area contributed by atoms with E-state index in [1.54, 1.807) is 29.4 Å². The Hall–Kier alpha value is -3.51. The first-order chi connectivity index (χ1) is 15.6. The molecule has 3 heterocycles. The Kier molecular flexibility index (Phi) is 5.23. The Balaban J connectivity index is 1.42. The molecule has 0 radical (unpaired) electrons. The number of carbonyl (C=O) groups excluding carboxylic acids is 2. The molecule has 2 aromatic carbocycles. The van der Waals surface area contributed by atoms with Gasteiger partial charge in [-0.3, -0.25) is 14.6 Å². The number of nitrogens with zero attached hydrogens (tertiary/aromatic N) is 3. The van der Waals surface area contributed by atoms with Crippen LogP contribution in [0.15, 0.2) is 85.2 Å². The number of pyridine rings is 1. The average Bonchev–Trinajstić information content (AvgIpc) is 2.79. The van der Waals surface area contributed by atoms with Crippen molar-refractivity contribution in [3.05, 3.63) is 102 Å². The molecule has 2 aliphatic heterocycles. The third kappa shape index (κ3) is 3.28. The highest BCUT2D eigenvalue weighted by atomic mass is 16.3. The summed E-state index contributed by atoms with van der Waals surface area (Å²) in [5, 5.41) is 10.2. The summed E-state index contributed by atoms with van der Waals surface area (Å²) in [4.78, 5) is 34.0.